The van der Waals surface area contributed by atoms with Gasteiger partial charge in [-0.15, -0.1) is 0 Å². The third-order valence-corrected chi connectivity index (χ3v) is 7.20. The van der Waals surface area contributed by atoms with E-state index >= 15 is 0 Å². The van der Waals surface area contributed by atoms with E-state index in [-0.39, 0.29) is 10.9 Å². The number of hydrogen-bond donors (Lipinski definition) is 4. The second-order valence-electron chi connectivity index (χ2n) is 8.61. The number of rotatable bonds is 5. The van der Waals surface area contributed by atoms with E-state index in [0.717, 1.165) is 0 Å². The third-order valence-electron chi connectivity index (χ3n) is 5.57. The number of nitriles is 1. The number of hydrogen-bond acceptors (Lipinski definition) is 6. The summed E-state index contributed by atoms with van der Waals surface area (Å²) in [6, 6.07) is 18.7. The van der Waals surface area contributed by atoms with Gasteiger partial charge in [-0.25, -0.2) is 13.4 Å². The molecule has 4 rings (SSSR count). The first kappa shape index (κ1) is 25.3. The van der Waals surface area contributed by atoms with E-state index < -0.39 is 27.8 Å². The topological polar surface area (TPSA) is 136 Å². The van der Waals surface area contributed by atoms with Gasteiger partial charge in [-0.1, -0.05) is 29.8 Å². The molecule has 3 aromatic rings. The Kier molecular flexibility index (Phi) is 7.08. The number of anilines is 2. The maximum Gasteiger partial charge on any atom is 0.261 e. The fourth-order valence-corrected chi connectivity index (χ4v) is 4.95. The molecule has 0 radical (unpaired) electrons. The molecule has 1 aliphatic rings. The number of fused-ring (bicyclic) bond motifs is 1. The van der Waals surface area contributed by atoms with E-state index in [1.54, 1.807) is 68.4 Å². The molecule has 3 aromatic carbocycles. The van der Waals surface area contributed by atoms with E-state index in [9.17, 15) is 18.8 Å². The Morgan fingerprint density at radius 3 is 2.44 bits per heavy atom. The third kappa shape index (κ3) is 5.54. The van der Waals surface area contributed by atoms with Crippen molar-refractivity contribution in [2.45, 2.75) is 36.5 Å². The molecule has 0 saturated carbocycles. The van der Waals surface area contributed by atoms with Gasteiger partial charge in [0.2, 0.25) is 5.96 Å². The van der Waals surface area contributed by atoms with Crippen LogP contribution >= 0.6 is 11.6 Å². The minimum Gasteiger partial charge on any atom is -0.485 e. The molecule has 0 fully saturated rings. The molecule has 2 atom stereocenters. The van der Waals surface area contributed by atoms with Gasteiger partial charge in [0.15, 0.2) is 6.19 Å². The predicted octanol–water partition coefficient (Wildman–Crippen LogP) is 4.25. The standard InChI is InChI=1S/C25H24ClN5O4S/c1-25(2)23(32)22(30-24(28-15-27)29-17-10-8-16(26)9-11-17)20-14-19(12-13-21(20)35-25)36(33,34)31-18-6-4-3-5-7-18/h3-14,22-23,31-32H,1-2H3,(H2,28,29,30). The van der Waals surface area contributed by atoms with Crippen LogP contribution in [0.15, 0.2) is 82.7 Å². The highest BCUT2D eigenvalue weighted by Crippen LogP contribution is 2.43. The van der Waals surface area contributed by atoms with Gasteiger partial charge in [0.1, 0.15) is 23.5 Å². The number of sulfonamides is 1. The summed E-state index contributed by atoms with van der Waals surface area (Å²) in [5, 5.41) is 26.4. The van der Waals surface area contributed by atoms with Crippen molar-refractivity contribution in [2.24, 2.45) is 4.99 Å². The first-order chi connectivity index (χ1) is 17.1. The average molecular weight is 526 g/mol. The molecule has 1 aliphatic heterocycles. The number of para-hydroxylation sites is 1. The summed E-state index contributed by atoms with van der Waals surface area (Å²) in [6.45, 7) is 3.41. The maximum atomic E-state index is 13.1. The molecule has 0 bridgehead atoms. The number of aliphatic hydroxyl groups is 1. The fourth-order valence-electron chi connectivity index (χ4n) is 3.73. The highest BCUT2D eigenvalue weighted by atomic mass is 35.5. The minimum absolute atomic E-state index is 0.0266. The summed E-state index contributed by atoms with van der Waals surface area (Å²) in [6.07, 6.45) is 0.664. The molecule has 1 heterocycles. The summed E-state index contributed by atoms with van der Waals surface area (Å²) in [7, 11) is -3.94. The van der Waals surface area contributed by atoms with Gasteiger partial charge in [0.25, 0.3) is 10.0 Å². The summed E-state index contributed by atoms with van der Waals surface area (Å²) < 4.78 is 34.6. The van der Waals surface area contributed by atoms with Crippen LogP contribution in [0.3, 0.4) is 0 Å². The van der Waals surface area contributed by atoms with E-state index in [1.165, 1.54) is 18.2 Å². The van der Waals surface area contributed by atoms with E-state index in [1.807, 2.05) is 6.19 Å². The summed E-state index contributed by atoms with van der Waals surface area (Å²) >= 11 is 5.95. The second-order valence-corrected chi connectivity index (χ2v) is 10.7. The quantitative estimate of drug-likeness (QED) is 0.169. The van der Waals surface area contributed by atoms with Crippen LogP contribution in [-0.4, -0.2) is 31.2 Å². The highest BCUT2D eigenvalue weighted by molar-refractivity contribution is 7.92. The first-order valence-electron chi connectivity index (χ1n) is 10.9. The normalized spacial score (nSPS) is 18.8. The van der Waals surface area contributed by atoms with Gasteiger partial charge >= 0.3 is 0 Å². The summed E-state index contributed by atoms with van der Waals surface area (Å²) in [5.41, 5.74) is 0.329. The lowest BCUT2D eigenvalue weighted by Gasteiger charge is -2.40. The van der Waals surface area contributed by atoms with Crippen LogP contribution in [-0.2, 0) is 10.0 Å². The Balaban J connectivity index is 1.75. The number of aliphatic imine (C=N–C) groups is 1. The Morgan fingerprint density at radius 1 is 1.08 bits per heavy atom. The highest BCUT2D eigenvalue weighted by Gasteiger charge is 2.43. The predicted molar refractivity (Wildman–Crippen MR) is 138 cm³/mol. The monoisotopic (exact) mass is 525 g/mol. The minimum atomic E-state index is -3.94. The van der Waals surface area contributed by atoms with Gasteiger partial charge in [-0.2, -0.15) is 5.26 Å². The molecular formula is C25H24ClN5O4S. The number of aliphatic hydroxyl groups excluding tert-OH is 1. The molecule has 11 heteroatoms. The van der Waals surface area contributed by atoms with Crippen LogP contribution in [0.1, 0.15) is 25.5 Å². The Hall–Kier alpha value is -3.78. The fraction of sp³-hybridized carbons (Fsp3) is 0.200. The van der Waals surface area contributed by atoms with Crippen molar-refractivity contribution >= 4 is 39.0 Å². The molecule has 36 heavy (non-hydrogen) atoms. The zero-order valence-corrected chi connectivity index (χ0v) is 21.0. The van der Waals surface area contributed by atoms with Crippen LogP contribution in [0.2, 0.25) is 5.02 Å². The number of benzene rings is 3. The molecule has 0 amide bonds. The largest absolute Gasteiger partial charge is 0.485 e. The van der Waals surface area contributed by atoms with Gasteiger partial charge in [-0.3, -0.25) is 10.0 Å². The lowest BCUT2D eigenvalue weighted by atomic mass is 9.87. The Morgan fingerprint density at radius 2 is 1.78 bits per heavy atom. The molecule has 0 aliphatic carbocycles. The molecule has 2 unspecified atom stereocenters. The van der Waals surface area contributed by atoms with Crippen molar-refractivity contribution in [1.82, 2.24) is 5.32 Å². The SMILES string of the molecule is CC1(C)Oc2ccc(S(=O)(=O)Nc3ccccc3)cc2C(N=C(NC#N)Nc2ccc(Cl)cc2)C1O. The number of nitrogens with one attached hydrogen (secondary N) is 3. The number of guanidine groups is 1. The van der Waals surface area contributed by atoms with Crippen molar-refractivity contribution in [2.75, 3.05) is 10.0 Å². The van der Waals surface area contributed by atoms with Crippen LogP contribution in [0, 0.1) is 11.5 Å². The smallest absolute Gasteiger partial charge is 0.261 e. The van der Waals surface area contributed by atoms with Crippen LogP contribution in [0.25, 0.3) is 0 Å². The zero-order valence-electron chi connectivity index (χ0n) is 19.4. The van der Waals surface area contributed by atoms with Crippen LogP contribution in [0.5, 0.6) is 5.75 Å². The Bertz CT molecular complexity index is 1420. The van der Waals surface area contributed by atoms with Gasteiger partial charge in [0, 0.05) is 22.0 Å². The van der Waals surface area contributed by atoms with Crippen molar-refractivity contribution < 1.29 is 18.3 Å². The van der Waals surface area contributed by atoms with Crippen molar-refractivity contribution in [3.63, 3.8) is 0 Å². The first-order valence-corrected chi connectivity index (χ1v) is 12.8. The molecule has 4 N–H and O–H groups in total. The number of ether oxygens (including phenoxy) is 1. The van der Waals surface area contributed by atoms with Crippen molar-refractivity contribution in [3.05, 3.63) is 83.4 Å². The van der Waals surface area contributed by atoms with Gasteiger partial charge in [-0.05, 0) is 68.4 Å². The Labute approximate surface area is 214 Å². The van der Waals surface area contributed by atoms with E-state index in [4.69, 9.17) is 16.3 Å². The molecule has 0 spiro atoms. The second kappa shape index (κ2) is 10.1. The van der Waals surface area contributed by atoms with Gasteiger partial charge < -0.3 is 15.2 Å². The molecular weight excluding hydrogens is 502 g/mol. The van der Waals surface area contributed by atoms with E-state index in [2.05, 4.69) is 20.3 Å². The molecule has 186 valence electrons. The summed E-state index contributed by atoms with van der Waals surface area (Å²) in [4.78, 5) is 4.54. The zero-order chi connectivity index (χ0) is 25.9. The molecule has 9 nitrogen and oxygen atoms in total. The lowest BCUT2D eigenvalue weighted by Crippen LogP contribution is -2.49. The lowest BCUT2D eigenvalue weighted by molar-refractivity contribution is -0.0568. The molecule has 0 aromatic heterocycles. The van der Waals surface area contributed by atoms with E-state index in [0.29, 0.717) is 27.7 Å². The van der Waals surface area contributed by atoms with Crippen LogP contribution in [0.4, 0.5) is 11.4 Å². The number of halogens is 1. The van der Waals surface area contributed by atoms with Crippen molar-refractivity contribution in [3.8, 4) is 11.9 Å². The molecule has 0 saturated heterocycles. The van der Waals surface area contributed by atoms with Gasteiger partial charge in [0.05, 0.1) is 4.90 Å². The van der Waals surface area contributed by atoms with Crippen molar-refractivity contribution in [1.29, 1.82) is 5.26 Å². The maximum absolute atomic E-state index is 13.1. The number of nitrogens with zero attached hydrogens (tertiary/aromatic N) is 2. The van der Waals surface area contributed by atoms with Crippen LogP contribution < -0.4 is 20.1 Å². The average Bonchev–Trinajstić information content (AvgIpc) is 2.83. The summed E-state index contributed by atoms with van der Waals surface area (Å²) in [5.74, 6) is 0.434.